The Balaban J connectivity index is 2.23. The maximum atomic E-state index is 13.2. The van der Waals surface area contributed by atoms with Gasteiger partial charge in [-0.1, -0.05) is 15.9 Å². The molecule has 2 nitrogen and oxygen atoms in total. The number of benzene rings is 1. The quantitative estimate of drug-likeness (QED) is 0.908. The van der Waals surface area contributed by atoms with Crippen molar-refractivity contribution in [3.63, 3.8) is 0 Å². The summed E-state index contributed by atoms with van der Waals surface area (Å²) in [7, 11) is 0. The first-order valence-corrected chi connectivity index (χ1v) is 6.15. The number of hydrogen-bond acceptors (Lipinski definition) is 2. The molecular formula is C12H15BrFNO. The number of rotatable bonds is 2. The second-order valence-electron chi connectivity index (χ2n) is 4.41. The lowest BCUT2D eigenvalue weighted by atomic mass is 9.86. The van der Waals surface area contributed by atoms with Crippen LogP contribution >= 0.6 is 15.9 Å². The van der Waals surface area contributed by atoms with Gasteiger partial charge in [0, 0.05) is 16.6 Å². The van der Waals surface area contributed by atoms with Crippen LogP contribution in [0, 0.1) is 5.82 Å². The van der Waals surface area contributed by atoms with Gasteiger partial charge in [-0.3, -0.25) is 0 Å². The van der Waals surface area contributed by atoms with Crippen molar-refractivity contribution in [1.29, 1.82) is 0 Å². The van der Waals surface area contributed by atoms with Crippen molar-refractivity contribution in [3.8, 4) is 0 Å². The third-order valence-corrected chi connectivity index (χ3v) is 4.05. The maximum Gasteiger partial charge on any atom is 0.123 e. The fourth-order valence-corrected chi connectivity index (χ4v) is 2.45. The van der Waals surface area contributed by atoms with Gasteiger partial charge >= 0.3 is 0 Å². The first kappa shape index (κ1) is 12.0. The summed E-state index contributed by atoms with van der Waals surface area (Å²) in [5, 5.41) is 0. The zero-order valence-corrected chi connectivity index (χ0v) is 10.8. The minimum absolute atomic E-state index is 0.0164. The van der Waals surface area contributed by atoms with Gasteiger partial charge in [0.15, 0.2) is 0 Å². The lowest BCUT2D eigenvalue weighted by Crippen LogP contribution is -2.48. The summed E-state index contributed by atoms with van der Waals surface area (Å²) in [6.45, 7) is 2.66. The molecule has 0 spiro atoms. The second-order valence-corrected chi connectivity index (χ2v) is 5.26. The third kappa shape index (κ3) is 2.29. The van der Waals surface area contributed by atoms with Gasteiger partial charge in [-0.2, -0.15) is 0 Å². The van der Waals surface area contributed by atoms with Crippen molar-refractivity contribution < 1.29 is 9.13 Å². The Hall–Kier alpha value is -0.450. The number of halogens is 2. The first-order chi connectivity index (χ1) is 7.51. The van der Waals surface area contributed by atoms with E-state index >= 15 is 0 Å². The lowest BCUT2D eigenvalue weighted by molar-refractivity contribution is 0.0954. The Morgan fingerprint density at radius 1 is 1.62 bits per heavy atom. The fourth-order valence-electron chi connectivity index (χ4n) is 2.06. The van der Waals surface area contributed by atoms with Gasteiger partial charge in [0.05, 0.1) is 6.10 Å². The molecule has 0 saturated carbocycles. The van der Waals surface area contributed by atoms with E-state index in [1.807, 2.05) is 6.92 Å². The first-order valence-electron chi connectivity index (χ1n) is 5.36. The van der Waals surface area contributed by atoms with E-state index in [1.165, 1.54) is 12.1 Å². The molecule has 0 aliphatic carbocycles. The Morgan fingerprint density at radius 2 is 2.38 bits per heavy atom. The highest BCUT2D eigenvalue weighted by molar-refractivity contribution is 9.10. The number of nitrogens with two attached hydrogens (primary N) is 1. The summed E-state index contributed by atoms with van der Waals surface area (Å²) in [4.78, 5) is 0. The van der Waals surface area contributed by atoms with E-state index in [1.54, 1.807) is 6.07 Å². The SMILES string of the molecule is CC1OCCC1(N)Cc1cc(F)ccc1Br. The van der Waals surface area contributed by atoms with Gasteiger partial charge in [0.25, 0.3) is 0 Å². The molecule has 0 amide bonds. The Bertz CT molecular complexity index is 399. The molecule has 2 N–H and O–H groups in total. The highest BCUT2D eigenvalue weighted by atomic mass is 79.9. The zero-order chi connectivity index (χ0) is 11.8. The van der Waals surface area contributed by atoms with Crippen LogP contribution in [0.15, 0.2) is 22.7 Å². The van der Waals surface area contributed by atoms with E-state index in [0.29, 0.717) is 13.0 Å². The van der Waals surface area contributed by atoms with Crippen molar-refractivity contribution >= 4 is 15.9 Å². The van der Waals surface area contributed by atoms with E-state index < -0.39 is 0 Å². The fraction of sp³-hybridized carbons (Fsp3) is 0.500. The molecule has 2 atom stereocenters. The van der Waals surface area contributed by atoms with E-state index in [4.69, 9.17) is 10.5 Å². The van der Waals surface area contributed by atoms with Gasteiger partial charge in [0.1, 0.15) is 5.82 Å². The molecule has 2 unspecified atom stereocenters. The van der Waals surface area contributed by atoms with Crippen LogP contribution in [0.5, 0.6) is 0 Å². The molecule has 16 heavy (non-hydrogen) atoms. The van der Waals surface area contributed by atoms with Crippen LogP contribution in [0.2, 0.25) is 0 Å². The van der Waals surface area contributed by atoms with E-state index in [-0.39, 0.29) is 17.5 Å². The predicted octanol–water partition coefficient (Wildman–Crippen LogP) is 2.64. The van der Waals surface area contributed by atoms with Crippen molar-refractivity contribution in [3.05, 3.63) is 34.1 Å². The monoisotopic (exact) mass is 287 g/mol. The molecular weight excluding hydrogens is 273 g/mol. The zero-order valence-electron chi connectivity index (χ0n) is 9.17. The van der Waals surface area contributed by atoms with Crippen molar-refractivity contribution in [2.24, 2.45) is 5.73 Å². The molecule has 1 aliphatic heterocycles. The van der Waals surface area contributed by atoms with Crippen LogP contribution in [-0.2, 0) is 11.2 Å². The second kappa shape index (κ2) is 4.43. The number of hydrogen-bond donors (Lipinski definition) is 1. The molecule has 0 bridgehead atoms. The van der Waals surface area contributed by atoms with Gasteiger partial charge in [-0.25, -0.2) is 4.39 Å². The van der Waals surface area contributed by atoms with E-state index in [0.717, 1.165) is 16.5 Å². The summed E-state index contributed by atoms with van der Waals surface area (Å²) in [6, 6.07) is 4.68. The molecule has 1 saturated heterocycles. The third-order valence-electron chi connectivity index (χ3n) is 3.27. The van der Waals surface area contributed by atoms with Crippen molar-refractivity contribution in [2.45, 2.75) is 31.4 Å². The highest BCUT2D eigenvalue weighted by Crippen LogP contribution is 2.30. The van der Waals surface area contributed by atoms with Crippen molar-refractivity contribution in [2.75, 3.05) is 6.61 Å². The minimum Gasteiger partial charge on any atom is -0.377 e. The molecule has 1 aromatic rings. The Morgan fingerprint density at radius 3 is 3.00 bits per heavy atom. The smallest absolute Gasteiger partial charge is 0.123 e. The van der Waals surface area contributed by atoms with Crippen LogP contribution in [0.4, 0.5) is 4.39 Å². The van der Waals surface area contributed by atoms with Crippen LogP contribution in [0.1, 0.15) is 18.9 Å². The molecule has 0 aromatic heterocycles. The summed E-state index contributed by atoms with van der Waals surface area (Å²) in [5.74, 6) is -0.228. The molecule has 1 aliphatic rings. The molecule has 0 radical (unpaired) electrons. The summed E-state index contributed by atoms with van der Waals surface area (Å²) in [6.07, 6.45) is 1.46. The van der Waals surface area contributed by atoms with E-state index in [2.05, 4.69) is 15.9 Å². The largest absolute Gasteiger partial charge is 0.377 e. The topological polar surface area (TPSA) is 35.2 Å². The summed E-state index contributed by atoms with van der Waals surface area (Å²) in [5.41, 5.74) is 6.81. The molecule has 2 rings (SSSR count). The molecule has 1 heterocycles. The average molecular weight is 288 g/mol. The Labute approximate surface area is 103 Å². The minimum atomic E-state index is -0.379. The van der Waals surface area contributed by atoms with Crippen LogP contribution in [0.25, 0.3) is 0 Å². The van der Waals surface area contributed by atoms with Crippen LogP contribution < -0.4 is 5.73 Å². The van der Waals surface area contributed by atoms with Gasteiger partial charge in [0.2, 0.25) is 0 Å². The van der Waals surface area contributed by atoms with E-state index in [9.17, 15) is 4.39 Å². The lowest BCUT2D eigenvalue weighted by Gasteiger charge is -2.27. The normalized spacial score (nSPS) is 29.6. The molecule has 1 fully saturated rings. The summed E-state index contributed by atoms with van der Waals surface area (Å²) < 4.78 is 19.5. The molecule has 88 valence electrons. The van der Waals surface area contributed by atoms with Crippen LogP contribution in [0.3, 0.4) is 0 Å². The van der Waals surface area contributed by atoms with Gasteiger partial charge in [-0.05, 0) is 43.5 Å². The molecule has 4 heteroatoms. The standard InChI is InChI=1S/C12H15BrFNO/c1-8-12(15,4-5-16-8)7-9-6-10(14)2-3-11(9)13/h2-3,6,8H,4-5,7,15H2,1H3. The van der Waals surface area contributed by atoms with Gasteiger partial charge in [-0.15, -0.1) is 0 Å². The molecule has 1 aromatic carbocycles. The Kier molecular flexibility index (Phi) is 3.33. The predicted molar refractivity (Wildman–Crippen MR) is 64.8 cm³/mol. The van der Waals surface area contributed by atoms with Crippen LogP contribution in [-0.4, -0.2) is 18.2 Å². The number of ether oxygens (including phenoxy) is 1. The highest BCUT2D eigenvalue weighted by Gasteiger charge is 2.38. The van der Waals surface area contributed by atoms with Gasteiger partial charge < -0.3 is 10.5 Å². The summed E-state index contributed by atoms with van der Waals surface area (Å²) >= 11 is 3.42. The van der Waals surface area contributed by atoms with Crippen molar-refractivity contribution in [1.82, 2.24) is 0 Å². The maximum absolute atomic E-state index is 13.2. The average Bonchev–Trinajstić information content (AvgIpc) is 2.53.